The Morgan fingerprint density at radius 3 is 2.53 bits per heavy atom. The average Bonchev–Trinajstić information content (AvgIpc) is 3.85. The molecule has 3 aromatic heterocycles. The molecule has 5 heterocycles. The number of aryl methyl sites for hydroxylation is 1. The number of nitrogens with zero attached hydrogens (tertiary/aromatic N) is 6. The third kappa shape index (κ3) is 10.1. The molecule has 3 N–H and O–H groups in total. The van der Waals surface area contributed by atoms with Crippen LogP contribution in [0.15, 0.2) is 97.5 Å². The van der Waals surface area contributed by atoms with Gasteiger partial charge in [0.15, 0.2) is 0 Å². The average molecular weight is 854 g/mol. The second kappa shape index (κ2) is 19.8. The summed E-state index contributed by atoms with van der Waals surface area (Å²) < 4.78 is 13.2. The highest BCUT2D eigenvalue weighted by molar-refractivity contribution is 6.31. The molecule has 0 aliphatic carbocycles. The smallest absolute Gasteiger partial charge is 0.264 e. The van der Waals surface area contributed by atoms with Gasteiger partial charge in [0.1, 0.15) is 16.9 Å². The van der Waals surface area contributed by atoms with E-state index in [1.807, 2.05) is 54.9 Å². The zero-order chi connectivity index (χ0) is 42.8. The Bertz CT molecular complexity index is 2630. The van der Waals surface area contributed by atoms with E-state index in [0.29, 0.717) is 56.9 Å². The minimum atomic E-state index is -1.02. The number of rotatable bonds is 19. The van der Waals surface area contributed by atoms with E-state index < -0.39 is 29.7 Å². The summed E-state index contributed by atoms with van der Waals surface area (Å²) in [4.78, 5) is 60.3. The van der Waals surface area contributed by atoms with Gasteiger partial charge in [-0.05, 0) is 66.1 Å². The highest BCUT2D eigenvalue weighted by atomic mass is 35.5. The first-order valence-electron chi connectivity index (χ1n) is 20.4. The number of pyridine rings is 2. The second-order valence-electron chi connectivity index (χ2n) is 14.9. The Labute approximate surface area is 362 Å². The van der Waals surface area contributed by atoms with Crippen molar-refractivity contribution < 1.29 is 28.7 Å². The molecule has 6 aromatic rings. The first-order chi connectivity index (χ1) is 30.3. The van der Waals surface area contributed by atoms with Gasteiger partial charge in [0.25, 0.3) is 11.8 Å². The van der Waals surface area contributed by atoms with Crippen LogP contribution in [0.1, 0.15) is 62.5 Å². The lowest BCUT2D eigenvalue weighted by atomic mass is 10.0. The second-order valence-corrected chi connectivity index (χ2v) is 15.2. The summed E-state index contributed by atoms with van der Waals surface area (Å²) in [6.45, 7) is 3.80. The van der Waals surface area contributed by atoms with Crippen molar-refractivity contribution in [2.45, 2.75) is 45.0 Å². The molecule has 15 nitrogen and oxygen atoms in total. The number of benzene rings is 3. The van der Waals surface area contributed by atoms with Crippen LogP contribution in [0, 0.1) is 0 Å². The van der Waals surface area contributed by atoms with E-state index in [-0.39, 0.29) is 24.0 Å². The zero-order valence-electron chi connectivity index (χ0n) is 33.8. The quantitative estimate of drug-likeness (QED) is 0.0497. The van der Waals surface area contributed by atoms with E-state index in [9.17, 15) is 19.2 Å². The highest BCUT2D eigenvalue weighted by Gasteiger charge is 2.45. The van der Waals surface area contributed by atoms with Crippen LogP contribution in [0.4, 0.5) is 5.69 Å². The number of hydrogen-bond donors (Lipinski definition) is 3. The van der Waals surface area contributed by atoms with Gasteiger partial charge in [0.2, 0.25) is 11.8 Å². The molecule has 2 aliphatic rings. The molecule has 8 rings (SSSR count). The fourth-order valence-corrected chi connectivity index (χ4v) is 7.52. The van der Waals surface area contributed by atoms with Gasteiger partial charge < -0.3 is 20.1 Å². The lowest BCUT2D eigenvalue weighted by molar-refractivity contribution is -0.136. The van der Waals surface area contributed by atoms with E-state index in [4.69, 9.17) is 21.1 Å². The van der Waals surface area contributed by atoms with Crippen molar-refractivity contribution in [2.24, 2.45) is 0 Å². The van der Waals surface area contributed by atoms with E-state index in [1.165, 1.54) is 10.8 Å². The number of aromatic nitrogens is 5. The molecule has 0 saturated carbocycles. The first-order valence-corrected chi connectivity index (χ1v) is 20.8. The van der Waals surface area contributed by atoms with Gasteiger partial charge in [-0.1, -0.05) is 77.5 Å². The van der Waals surface area contributed by atoms with Crippen molar-refractivity contribution in [1.29, 1.82) is 0 Å². The van der Waals surface area contributed by atoms with Crippen molar-refractivity contribution in [3.8, 4) is 11.1 Å². The molecule has 0 bridgehead atoms. The van der Waals surface area contributed by atoms with Crippen LogP contribution >= 0.6 is 11.6 Å². The molecule has 3 aromatic carbocycles. The van der Waals surface area contributed by atoms with Gasteiger partial charge >= 0.3 is 0 Å². The maximum absolute atomic E-state index is 13.3. The van der Waals surface area contributed by atoms with Gasteiger partial charge in [-0.3, -0.25) is 39.1 Å². The lowest BCUT2D eigenvalue weighted by Gasteiger charge is -2.27. The number of nitrogens with one attached hydrogen (secondary N) is 3. The molecular weight excluding hydrogens is 810 g/mol. The van der Waals surface area contributed by atoms with Crippen molar-refractivity contribution in [2.75, 3.05) is 38.2 Å². The first kappa shape index (κ1) is 42.1. The van der Waals surface area contributed by atoms with Crippen LogP contribution in [-0.4, -0.2) is 92.4 Å². The molecule has 4 amide bonds. The summed E-state index contributed by atoms with van der Waals surface area (Å²) in [6.07, 6.45) is 10.5. The Balaban J connectivity index is 0.696. The predicted molar refractivity (Wildman–Crippen MR) is 234 cm³/mol. The number of fused-ring (bicyclic) bond motifs is 2. The van der Waals surface area contributed by atoms with Crippen LogP contribution in [0.5, 0.6) is 0 Å². The summed E-state index contributed by atoms with van der Waals surface area (Å²) >= 11 is 6.46. The van der Waals surface area contributed by atoms with E-state index in [2.05, 4.69) is 66.6 Å². The van der Waals surface area contributed by atoms with Crippen molar-refractivity contribution in [3.05, 3.63) is 136 Å². The van der Waals surface area contributed by atoms with Crippen LogP contribution in [-0.2, 0) is 38.8 Å². The van der Waals surface area contributed by atoms with Gasteiger partial charge in [-0.25, -0.2) is 4.98 Å². The summed E-state index contributed by atoms with van der Waals surface area (Å²) in [5, 5.41) is 20.0. The van der Waals surface area contributed by atoms with Crippen molar-refractivity contribution in [3.63, 3.8) is 0 Å². The van der Waals surface area contributed by atoms with Crippen molar-refractivity contribution >= 4 is 63.8 Å². The van der Waals surface area contributed by atoms with Crippen molar-refractivity contribution in [1.82, 2.24) is 40.5 Å². The molecule has 1 fully saturated rings. The van der Waals surface area contributed by atoms with Crippen LogP contribution in [0.2, 0.25) is 5.15 Å². The molecule has 0 radical (unpaired) electrons. The Hall–Kier alpha value is -6.65. The number of piperidine rings is 1. The van der Waals surface area contributed by atoms with E-state index >= 15 is 0 Å². The number of amides is 4. The summed E-state index contributed by atoms with van der Waals surface area (Å²) in [5.74, 6) is -2.18. The van der Waals surface area contributed by atoms with E-state index in [1.54, 1.807) is 29.1 Å². The Morgan fingerprint density at radius 1 is 0.823 bits per heavy atom. The number of imide groups is 2. The molecule has 62 heavy (non-hydrogen) atoms. The highest BCUT2D eigenvalue weighted by Crippen LogP contribution is 2.32. The third-order valence-electron chi connectivity index (χ3n) is 10.5. The maximum atomic E-state index is 13.3. The standard InChI is InChI=1S/C46H44ClN9O6/c47-43-33(12-10-30-9-11-31-5-1-2-6-32(31)23-30)24-35(26-51-43)34-13-14-36(50-25-34)27-48-17-4-19-55-28-37(53-54-55)29-62-22-21-61-20-18-49-39-8-3-7-38-42(39)46(60)56(45(38)59)40-15-16-41(57)52-44(40)58/h1-3,5-14,23-26,28,40,48-49H,4,15-22,27,29H2,(H,52,57,58)/b12-10+. The summed E-state index contributed by atoms with van der Waals surface area (Å²) in [5.41, 5.74) is 6.36. The maximum Gasteiger partial charge on any atom is 0.264 e. The number of anilines is 1. The van der Waals surface area contributed by atoms with Gasteiger partial charge in [-0.15, -0.1) is 5.10 Å². The monoisotopic (exact) mass is 853 g/mol. The molecular formula is C46H44ClN9O6. The van der Waals surface area contributed by atoms with Crippen LogP contribution in [0.25, 0.3) is 34.1 Å². The van der Waals surface area contributed by atoms with Crippen LogP contribution < -0.4 is 16.0 Å². The molecule has 2 aliphatic heterocycles. The molecule has 0 spiro atoms. The summed E-state index contributed by atoms with van der Waals surface area (Å²) in [6, 6.07) is 24.6. The topological polar surface area (TPSA) is 183 Å². The fraction of sp³-hybridized carbons (Fsp3) is 0.261. The zero-order valence-corrected chi connectivity index (χ0v) is 34.5. The number of carbonyl (C=O) groups excluding carboxylic acids is 4. The lowest BCUT2D eigenvalue weighted by Crippen LogP contribution is -2.54. The minimum Gasteiger partial charge on any atom is -0.382 e. The normalized spacial score (nSPS) is 15.2. The van der Waals surface area contributed by atoms with Gasteiger partial charge in [0.05, 0.1) is 49.4 Å². The van der Waals surface area contributed by atoms with E-state index in [0.717, 1.165) is 51.5 Å². The predicted octanol–water partition coefficient (Wildman–Crippen LogP) is 5.94. The molecule has 1 unspecified atom stereocenters. The SMILES string of the molecule is O=C1CCC(N2C(=O)c3cccc(NCCOCCOCc4cn(CCCNCc5ccc(-c6cnc(Cl)c(/C=C/c7ccc8ccccc8c7)c6)cn5)nn4)c3C2=O)C(=O)N1. The largest absolute Gasteiger partial charge is 0.382 e. The molecule has 1 saturated heterocycles. The fourth-order valence-electron chi connectivity index (χ4n) is 7.35. The Kier molecular flexibility index (Phi) is 13.4. The minimum absolute atomic E-state index is 0.0621. The molecule has 1 atom stereocenters. The number of ether oxygens (including phenoxy) is 2. The van der Waals surface area contributed by atoms with Gasteiger partial charge in [0, 0.05) is 60.8 Å². The molecule has 316 valence electrons. The molecule has 16 heteroatoms. The number of hydrogen-bond acceptors (Lipinski definition) is 12. The van der Waals surface area contributed by atoms with Crippen LogP contribution in [0.3, 0.4) is 0 Å². The van der Waals surface area contributed by atoms with Gasteiger partial charge in [-0.2, -0.15) is 0 Å². The number of carbonyl (C=O) groups is 4. The third-order valence-corrected chi connectivity index (χ3v) is 10.9. The summed E-state index contributed by atoms with van der Waals surface area (Å²) in [7, 11) is 0. The number of halogens is 1. The Morgan fingerprint density at radius 2 is 1.68 bits per heavy atom.